The fraction of sp³-hybridized carbons (Fsp3) is 0.250. The Kier molecular flexibility index (Phi) is 1.46. The highest BCUT2D eigenvalue weighted by atomic mass is 16.1. The number of aryl methyl sites for hydroxylation is 1. The summed E-state index contributed by atoms with van der Waals surface area (Å²) >= 11 is 0. The Morgan fingerprint density at radius 3 is 3.25 bits per heavy atom. The lowest BCUT2D eigenvalue weighted by molar-refractivity contribution is 0.784. The molecule has 0 aliphatic heterocycles. The second-order valence-electron chi connectivity index (χ2n) is 2.59. The largest absolute Gasteiger partial charge is 0.346 e. The first-order valence-electron chi connectivity index (χ1n) is 3.85. The third-order valence-electron chi connectivity index (χ3n) is 1.88. The number of hydrogen-bond donors (Lipinski definition) is 1. The van der Waals surface area contributed by atoms with Crippen molar-refractivity contribution in [3.8, 4) is 0 Å². The summed E-state index contributed by atoms with van der Waals surface area (Å²) in [7, 11) is 0. The highest BCUT2D eigenvalue weighted by Crippen LogP contribution is 2.08. The molecule has 0 fully saturated rings. The molecule has 62 valence electrons. The van der Waals surface area contributed by atoms with Crippen molar-refractivity contribution in [2.45, 2.75) is 13.5 Å². The fourth-order valence-corrected chi connectivity index (χ4v) is 1.26. The van der Waals surface area contributed by atoms with Gasteiger partial charge in [-0.3, -0.25) is 4.98 Å². The molecule has 0 atom stereocenters. The van der Waals surface area contributed by atoms with E-state index in [2.05, 4.69) is 9.97 Å². The Balaban J connectivity index is 2.84. The maximum atomic E-state index is 10.9. The van der Waals surface area contributed by atoms with E-state index in [4.69, 9.17) is 0 Å². The van der Waals surface area contributed by atoms with Crippen LogP contribution in [-0.4, -0.2) is 14.5 Å². The van der Waals surface area contributed by atoms with Crippen molar-refractivity contribution in [1.82, 2.24) is 14.5 Å². The number of nitrogens with one attached hydrogen (secondary N) is 1. The van der Waals surface area contributed by atoms with E-state index >= 15 is 0 Å². The predicted molar refractivity (Wildman–Crippen MR) is 46.0 cm³/mol. The maximum absolute atomic E-state index is 10.9. The van der Waals surface area contributed by atoms with E-state index in [1.54, 1.807) is 6.20 Å². The average Bonchev–Trinajstić information content (AvgIpc) is 2.46. The molecule has 2 aromatic rings. The quantitative estimate of drug-likeness (QED) is 0.674. The van der Waals surface area contributed by atoms with Gasteiger partial charge in [0.25, 0.3) is 0 Å². The van der Waals surface area contributed by atoms with E-state index in [1.165, 1.54) is 0 Å². The highest BCUT2D eigenvalue weighted by molar-refractivity contribution is 5.74. The van der Waals surface area contributed by atoms with Crippen LogP contribution in [0.5, 0.6) is 0 Å². The first-order valence-corrected chi connectivity index (χ1v) is 3.85. The summed E-state index contributed by atoms with van der Waals surface area (Å²) in [6, 6.07) is 1.93. The van der Waals surface area contributed by atoms with Gasteiger partial charge in [0.1, 0.15) is 5.65 Å². The highest BCUT2D eigenvalue weighted by Gasteiger charge is 1.98. The van der Waals surface area contributed by atoms with Gasteiger partial charge in [0.05, 0.1) is 0 Å². The minimum absolute atomic E-state index is 0.295. The zero-order valence-corrected chi connectivity index (χ0v) is 6.74. The molecule has 4 heteroatoms. The van der Waals surface area contributed by atoms with Crippen LogP contribution in [-0.2, 0) is 6.54 Å². The Morgan fingerprint density at radius 1 is 1.67 bits per heavy atom. The molecule has 2 aromatic heterocycles. The van der Waals surface area contributed by atoms with Crippen LogP contribution < -0.4 is 5.69 Å². The summed E-state index contributed by atoms with van der Waals surface area (Å²) < 4.78 is 1.97. The molecule has 2 rings (SSSR count). The SMILES string of the molecule is CCn1ccc2cnc(=O)[nH]c21. The van der Waals surface area contributed by atoms with Gasteiger partial charge >= 0.3 is 5.69 Å². The molecule has 0 amide bonds. The van der Waals surface area contributed by atoms with Gasteiger partial charge in [-0.25, -0.2) is 9.78 Å². The molecule has 0 aliphatic rings. The van der Waals surface area contributed by atoms with Gasteiger partial charge in [-0.2, -0.15) is 0 Å². The lowest BCUT2D eigenvalue weighted by atomic mass is 10.4. The first-order chi connectivity index (χ1) is 5.81. The third kappa shape index (κ3) is 0.922. The second-order valence-corrected chi connectivity index (χ2v) is 2.59. The molecule has 0 saturated heterocycles. The van der Waals surface area contributed by atoms with Crippen LogP contribution >= 0.6 is 0 Å². The van der Waals surface area contributed by atoms with Crippen molar-refractivity contribution < 1.29 is 0 Å². The van der Waals surface area contributed by atoms with Crippen LogP contribution in [0, 0.1) is 0 Å². The Morgan fingerprint density at radius 2 is 2.50 bits per heavy atom. The van der Waals surface area contributed by atoms with Crippen LogP contribution in [0.4, 0.5) is 0 Å². The van der Waals surface area contributed by atoms with Crippen LogP contribution in [0.25, 0.3) is 11.0 Å². The van der Waals surface area contributed by atoms with E-state index in [1.807, 2.05) is 23.8 Å². The van der Waals surface area contributed by atoms with Gasteiger partial charge in [0.2, 0.25) is 0 Å². The summed E-state index contributed by atoms with van der Waals surface area (Å²) in [6.07, 6.45) is 3.52. The normalized spacial score (nSPS) is 10.8. The Labute approximate surface area is 68.9 Å². The lowest BCUT2D eigenvalue weighted by Gasteiger charge is -1.97. The van der Waals surface area contributed by atoms with Crippen LogP contribution in [0.2, 0.25) is 0 Å². The minimum Gasteiger partial charge on any atom is -0.334 e. The Bertz CT molecular complexity index is 455. The van der Waals surface area contributed by atoms with Gasteiger partial charge in [-0.15, -0.1) is 0 Å². The van der Waals surface area contributed by atoms with Gasteiger partial charge in [-0.1, -0.05) is 0 Å². The Hall–Kier alpha value is -1.58. The number of hydrogen-bond acceptors (Lipinski definition) is 2. The molecule has 1 N–H and O–H groups in total. The van der Waals surface area contributed by atoms with Crippen molar-refractivity contribution >= 4 is 11.0 Å². The standard InChI is InChI=1S/C8H9N3O/c1-2-11-4-3-6-5-9-8(12)10-7(6)11/h3-5H,2H2,1H3,(H,9,10,12). The summed E-state index contributed by atoms with van der Waals surface area (Å²) in [5.74, 6) is 0. The molecule has 0 radical (unpaired) electrons. The van der Waals surface area contributed by atoms with E-state index in [0.29, 0.717) is 0 Å². The molecule has 0 spiro atoms. The maximum Gasteiger partial charge on any atom is 0.346 e. The summed E-state index contributed by atoms with van der Waals surface area (Å²) in [5.41, 5.74) is 0.549. The summed E-state index contributed by atoms with van der Waals surface area (Å²) in [4.78, 5) is 17.2. The molecule has 0 aromatic carbocycles. The van der Waals surface area contributed by atoms with Crippen molar-refractivity contribution in [2.24, 2.45) is 0 Å². The zero-order chi connectivity index (χ0) is 8.55. The van der Waals surface area contributed by atoms with Crippen molar-refractivity contribution in [2.75, 3.05) is 0 Å². The monoisotopic (exact) mass is 163 g/mol. The van der Waals surface area contributed by atoms with Crippen LogP contribution in [0.1, 0.15) is 6.92 Å². The smallest absolute Gasteiger partial charge is 0.334 e. The molecule has 4 nitrogen and oxygen atoms in total. The number of nitrogens with zero attached hydrogens (tertiary/aromatic N) is 2. The first kappa shape index (κ1) is 7.09. The summed E-state index contributed by atoms with van der Waals surface area (Å²) in [6.45, 7) is 2.88. The lowest BCUT2D eigenvalue weighted by Crippen LogP contribution is -2.10. The van der Waals surface area contributed by atoms with Crippen molar-refractivity contribution in [3.63, 3.8) is 0 Å². The third-order valence-corrected chi connectivity index (χ3v) is 1.88. The van der Waals surface area contributed by atoms with E-state index in [9.17, 15) is 4.79 Å². The molecule has 0 saturated carbocycles. The number of fused-ring (bicyclic) bond motifs is 1. The average molecular weight is 163 g/mol. The van der Waals surface area contributed by atoms with Crippen LogP contribution in [0.15, 0.2) is 23.3 Å². The van der Waals surface area contributed by atoms with Gasteiger partial charge in [-0.05, 0) is 13.0 Å². The predicted octanol–water partition coefficient (Wildman–Crippen LogP) is 0.744. The van der Waals surface area contributed by atoms with Gasteiger partial charge in [0.15, 0.2) is 0 Å². The molecular weight excluding hydrogens is 154 g/mol. The topological polar surface area (TPSA) is 50.7 Å². The number of rotatable bonds is 1. The van der Waals surface area contributed by atoms with E-state index in [-0.39, 0.29) is 5.69 Å². The number of H-pyrrole nitrogens is 1. The second kappa shape index (κ2) is 2.48. The van der Waals surface area contributed by atoms with Crippen molar-refractivity contribution in [1.29, 1.82) is 0 Å². The van der Waals surface area contributed by atoms with Crippen molar-refractivity contribution in [3.05, 3.63) is 28.9 Å². The molecule has 0 bridgehead atoms. The molecule has 0 unspecified atom stereocenters. The van der Waals surface area contributed by atoms with Gasteiger partial charge in [0, 0.05) is 24.3 Å². The van der Waals surface area contributed by atoms with Gasteiger partial charge < -0.3 is 4.57 Å². The molecular formula is C8H9N3O. The molecule has 0 aliphatic carbocycles. The fourth-order valence-electron chi connectivity index (χ4n) is 1.26. The minimum atomic E-state index is -0.295. The summed E-state index contributed by atoms with van der Waals surface area (Å²) in [5, 5.41) is 0.969. The van der Waals surface area contributed by atoms with Crippen LogP contribution in [0.3, 0.4) is 0 Å². The molecule has 12 heavy (non-hydrogen) atoms. The van der Waals surface area contributed by atoms with E-state index in [0.717, 1.165) is 17.6 Å². The number of aromatic amines is 1. The molecule has 2 heterocycles. The zero-order valence-electron chi connectivity index (χ0n) is 6.74. The number of aromatic nitrogens is 3. The van der Waals surface area contributed by atoms with E-state index < -0.39 is 0 Å².